The highest BCUT2D eigenvalue weighted by atomic mass is 19.2. The summed E-state index contributed by atoms with van der Waals surface area (Å²) < 4.78 is 26.2. The van der Waals surface area contributed by atoms with E-state index >= 15 is 0 Å². The molecule has 1 aromatic carbocycles. The van der Waals surface area contributed by atoms with Crippen LogP contribution in [-0.2, 0) is 0 Å². The average molecular weight is 331 g/mol. The fourth-order valence-electron chi connectivity index (χ4n) is 2.88. The molecule has 1 amide bonds. The molecule has 1 aromatic heterocycles. The molecule has 126 valence electrons. The Balaban J connectivity index is 1.68. The van der Waals surface area contributed by atoms with Crippen LogP contribution in [0.5, 0.6) is 0 Å². The van der Waals surface area contributed by atoms with E-state index in [1.54, 1.807) is 12.1 Å². The third-order valence-corrected chi connectivity index (χ3v) is 4.14. The molecular formula is C18H19F2N3O. The number of nitrogens with zero attached hydrogens (tertiary/aromatic N) is 1. The summed E-state index contributed by atoms with van der Waals surface area (Å²) in [5, 5.41) is 5.95. The summed E-state index contributed by atoms with van der Waals surface area (Å²) in [5.74, 6) is -2.04. The zero-order valence-corrected chi connectivity index (χ0v) is 13.2. The van der Waals surface area contributed by atoms with Crippen molar-refractivity contribution in [3.8, 4) is 0 Å². The molecule has 1 saturated carbocycles. The van der Waals surface area contributed by atoms with Crippen LogP contribution in [0, 0.1) is 11.6 Å². The number of halogens is 2. The number of amides is 1. The molecule has 0 saturated heterocycles. The summed E-state index contributed by atoms with van der Waals surface area (Å²) in [5.41, 5.74) is 1.29. The van der Waals surface area contributed by atoms with Gasteiger partial charge in [0.1, 0.15) is 5.69 Å². The molecule has 1 aliphatic carbocycles. The van der Waals surface area contributed by atoms with E-state index < -0.39 is 11.6 Å². The van der Waals surface area contributed by atoms with Gasteiger partial charge >= 0.3 is 0 Å². The van der Waals surface area contributed by atoms with E-state index in [0.29, 0.717) is 17.1 Å². The predicted molar refractivity (Wildman–Crippen MR) is 88.2 cm³/mol. The number of nitrogens with one attached hydrogen (secondary N) is 2. The van der Waals surface area contributed by atoms with E-state index in [0.717, 1.165) is 37.8 Å². The molecule has 24 heavy (non-hydrogen) atoms. The molecule has 0 spiro atoms. The highest BCUT2D eigenvalue weighted by Gasteiger charge is 2.17. The van der Waals surface area contributed by atoms with Crippen LogP contribution in [0.4, 0.5) is 20.2 Å². The minimum Gasteiger partial charge on any atom is -0.355 e. The first-order valence-electron chi connectivity index (χ1n) is 8.11. The molecule has 2 N–H and O–H groups in total. The molecule has 0 aliphatic heterocycles. The first kappa shape index (κ1) is 16.4. The lowest BCUT2D eigenvalue weighted by molar-refractivity contribution is 0.0922. The van der Waals surface area contributed by atoms with Gasteiger partial charge in [0.25, 0.3) is 5.91 Å². The van der Waals surface area contributed by atoms with Gasteiger partial charge in [-0.15, -0.1) is 0 Å². The molecule has 0 atom stereocenters. The highest BCUT2D eigenvalue weighted by molar-refractivity contribution is 5.93. The molecule has 0 radical (unpaired) electrons. The number of aromatic nitrogens is 1. The van der Waals surface area contributed by atoms with Crippen LogP contribution in [0.3, 0.4) is 0 Å². The van der Waals surface area contributed by atoms with Crippen LogP contribution in [0.15, 0.2) is 36.5 Å². The first-order chi connectivity index (χ1) is 11.6. The summed E-state index contributed by atoms with van der Waals surface area (Å²) in [4.78, 5) is 16.4. The van der Waals surface area contributed by atoms with Crippen molar-refractivity contribution in [2.45, 2.75) is 38.1 Å². The summed E-state index contributed by atoms with van der Waals surface area (Å²) in [6, 6.07) is 7.02. The molecule has 2 aromatic rings. The van der Waals surface area contributed by atoms with Crippen LogP contribution in [0.2, 0.25) is 0 Å². The second-order valence-corrected chi connectivity index (χ2v) is 5.99. The van der Waals surface area contributed by atoms with E-state index in [2.05, 4.69) is 15.6 Å². The maximum atomic E-state index is 13.3. The third-order valence-electron chi connectivity index (χ3n) is 4.14. The van der Waals surface area contributed by atoms with Crippen molar-refractivity contribution < 1.29 is 13.6 Å². The second-order valence-electron chi connectivity index (χ2n) is 5.99. The van der Waals surface area contributed by atoms with Crippen LogP contribution in [0.1, 0.15) is 42.6 Å². The maximum absolute atomic E-state index is 13.3. The van der Waals surface area contributed by atoms with Gasteiger partial charge in [0.05, 0.1) is 0 Å². The number of benzene rings is 1. The lowest BCUT2D eigenvalue weighted by atomic mass is 9.95. The average Bonchev–Trinajstić information content (AvgIpc) is 2.59. The fourth-order valence-corrected chi connectivity index (χ4v) is 2.88. The Morgan fingerprint density at radius 1 is 1.00 bits per heavy atom. The monoisotopic (exact) mass is 331 g/mol. The zero-order valence-electron chi connectivity index (χ0n) is 13.2. The normalized spacial score (nSPS) is 15.1. The van der Waals surface area contributed by atoms with Crippen molar-refractivity contribution in [3.05, 3.63) is 53.9 Å². The predicted octanol–water partition coefficient (Wildman–Crippen LogP) is 4.17. The molecule has 0 unspecified atom stereocenters. The first-order valence-corrected chi connectivity index (χ1v) is 8.11. The molecule has 3 rings (SSSR count). The minimum atomic E-state index is -0.927. The maximum Gasteiger partial charge on any atom is 0.270 e. The lowest BCUT2D eigenvalue weighted by Gasteiger charge is -2.22. The van der Waals surface area contributed by atoms with E-state index in [-0.39, 0.29) is 11.9 Å². The largest absolute Gasteiger partial charge is 0.355 e. The molecular weight excluding hydrogens is 312 g/mol. The van der Waals surface area contributed by atoms with Crippen LogP contribution in [-0.4, -0.2) is 16.9 Å². The Labute approximate surface area is 139 Å². The van der Waals surface area contributed by atoms with Crippen molar-refractivity contribution in [1.82, 2.24) is 10.3 Å². The molecule has 1 aliphatic rings. The third kappa shape index (κ3) is 4.07. The number of anilines is 2. The molecule has 6 heteroatoms. The van der Waals surface area contributed by atoms with Crippen LogP contribution < -0.4 is 10.6 Å². The van der Waals surface area contributed by atoms with Gasteiger partial charge in [-0.1, -0.05) is 19.3 Å². The van der Waals surface area contributed by atoms with Crippen molar-refractivity contribution in [1.29, 1.82) is 0 Å². The van der Waals surface area contributed by atoms with Gasteiger partial charge in [0.15, 0.2) is 11.6 Å². The van der Waals surface area contributed by atoms with Gasteiger partial charge in [-0.25, -0.2) is 8.78 Å². The van der Waals surface area contributed by atoms with Crippen molar-refractivity contribution in [2.24, 2.45) is 0 Å². The van der Waals surface area contributed by atoms with Crippen molar-refractivity contribution in [2.75, 3.05) is 5.32 Å². The fraction of sp³-hybridized carbons (Fsp3) is 0.333. The summed E-state index contributed by atoms with van der Waals surface area (Å²) >= 11 is 0. The smallest absolute Gasteiger partial charge is 0.270 e. The minimum absolute atomic E-state index is 0.204. The standard InChI is InChI=1S/C18H19F2N3O/c19-15-7-6-13(10-16(15)20)22-14-8-9-21-17(11-14)18(24)23-12-4-2-1-3-5-12/h6-12H,1-5H2,(H,21,22)(H,23,24). The van der Waals surface area contributed by atoms with Crippen molar-refractivity contribution in [3.63, 3.8) is 0 Å². The number of carbonyl (C=O) groups is 1. The zero-order chi connectivity index (χ0) is 16.9. The van der Waals surface area contributed by atoms with Gasteiger partial charge in [0.2, 0.25) is 0 Å². The molecule has 1 heterocycles. The number of pyridine rings is 1. The van der Waals surface area contributed by atoms with Gasteiger partial charge in [-0.2, -0.15) is 0 Å². The Morgan fingerprint density at radius 3 is 2.50 bits per heavy atom. The van der Waals surface area contributed by atoms with Crippen molar-refractivity contribution >= 4 is 17.3 Å². The van der Waals surface area contributed by atoms with Crippen LogP contribution >= 0.6 is 0 Å². The molecule has 0 bridgehead atoms. The van der Waals surface area contributed by atoms with E-state index in [1.807, 2.05) is 0 Å². The Hall–Kier alpha value is -2.50. The van der Waals surface area contributed by atoms with Gasteiger partial charge in [-0.3, -0.25) is 9.78 Å². The Bertz CT molecular complexity index is 730. The van der Waals surface area contributed by atoms with Crippen LogP contribution in [0.25, 0.3) is 0 Å². The lowest BCUT2D eigenvalue weighted by Crippen LogP contribution is -2.36. The summed E-state index contributed by atoms with van der Waals surface area (Å²) in [6.45, 7) is 0. The topological polar surface area (TPSA) is 54.0 Å². The Morgan fingerprint density at radius 2 is 1.75 bits per heavy atom. The quantitative estimate of drug-likeness (QED) is 0.884. The van der Waals surface area contributed by atoms with Gasteiger partial charge in [0, 0.05) is 29.7 Å². The van der Waals surface area contributed by atoms with E-state index in [1.165, 1.54) is 18.7 Å². The summed E-state index contributed by atoms with van der Waals surface area (Å²) in [6.07, 6.45) is 7.00. The summed E-state index contributed by atoms with van der Waals surface area (Å²) in [7, 11) is 0. The number of carbonyl (C=O) groups excluding carboxylic acids is 1. The second kappa shape index (κ2) is 7.38. The van der Waals surface area contributed by atoms with E-state index in [4.69, 9.17) is 0 Å². The molecule has 4 nitrogen and oxygen atoms in total. The number of hydrogen-bond acceptors (Lipinski definition) is 3. The number of rotatable bonds is 4. The molecule has 1 fully saturated rings. The Kier molecular flexibility index (Phi) is 5.03. The number of hydrogen-bond donors (Lipinski definition) is 2. The highest BCUT2D eigenvalue weighted by Crippen LogP contribution is 2.20. The SMILES string of the molecule is O=C(NC1CCCCC1)c1cc(Nc2ccc(F)c(F)c2)ccn1. The van der Waals surface area contributed by atoms with Gasteiger partial charge in [-0.05, 0) is 37.1 Å². The van der Waals surface area contributed by atoms with Gasteiger partial charge < -0.3 is 10.6 Å². The van der Waals surface area contributed by atoms with E-state index in [9.17, 15) is 13.6 Å².